The van der Waals surface area contributed by atoms with Crippen LogP contribution >= 0.6 is 0 Å². The molecule has 1 aliphatic rings. The van der Waals surface area contributed by atoms with Crippen molar-refractivity contribution in [3.8, 4) is 0 Å². The van der Waals surface area contributed by atoms with E-state index < -0.39 is 24.0 Å². The van der Waals surface area contributed by atoms with Crippen LogP contribution in [0, 0.1) is 0 Å². The van der Waals surface area contributed by atoms with Crippen LogP contribution in [-0.4, -0.2) is 45.4 Å². The van der Waals surface area contributed by atoms with Crippen molar-refractivity contribution in [2.24, 2.45) is 0 Å². The van der Waals surface area contributed by atoms with Crippen molar-refractivity contribution in [1.29, 1.82) is 0 Å². The van der Waals surface area contributed by atoms with Crippen molar-refractivity contribution in [1.82, 2.24) is 14.9 Å². The van der Waals surface area contributed by atoms with Gasteiger partial charge in [0.25, 0.3) is 0 Å². The Morgan fingerprint density at radius 3 is 2.87 bits per heavy atom. The smallest absolute Gasteiger partial charge is 0.345 e. The van der Waals surface area contributed by atoms with Gasteiger partial charge in [0.15, 0.2) is 0 Å². The predicted molar refractivity (Wildman–Crippen MR) is 75.5 cm³/mol. The summed E-state index contributed by atoms with van der Waals surface area (Å²) in [7, 11) is 0. The molecule has 6 nitrogen and oxygen atoms in total. The number of fused-ring (bicyclic) bond motifs is 1. The topological polar surface area (TPSA) is 78.1 Å². The highest BCUT2D eigenvalue weighted by atomic mass is 19.4. The van der Waals surface area contributed by atoms with E-state index in [1.165, 1.54) is 6.33 Å². The van der Waals surface area contributed by atoms with E-state index in [0.29, 0.717) is 28.0 Å². The van der Waals surface area contributed by atoms with Gasteiger partial charge in [0.1, 0.15) is 6.04 Å². The Morgan fingerprint density at radius 2 is 2.13 bits per heavy atom. The number of nitrogens with zero attached hydrogens (tertiary/aromatic N) is 2. The van der Waals surface area contributed by atoms with Gasteiger partial charge in [-0.25, -0.2) is 4.98 Å². The van der Waals surface area contributed by atoms with E-state index in [1.807, 2.05) is 0 Å². The first-order valence-electron chi connectivity index (χ1n) is 6.98. The number of likely N-dealkylation sites (tertiary alicyclic amines) is 1. The highest BCUT2D eigenvalue weighted by molar-refractivity contribution is 5.99. The highest BCUT2D eigenvalue weighted by Crippen LogP contribution is 2.26. The summed E-state index contributed by atoms with van der Waals surface area (Å²) in [6.07, 6.45) is -2.91. The van der Waals surface area contributed by atoms with E-state index >= 15 is 0 Å². The predicted octanol–water partition coefficient (Wildman–Crippen LogP) is 2.05. The van der Waals surface area contributed by atoms with Crippen LogP contribution in [0.5, 0.6) is 0 Å². The van der Waals surface area contributed by atoms with E-state index in [-0.39, 0.29) is 13.0 Å². The quantitative estimate of drug-likeness (QED) is 0.887. The molecule has 0 radical (unpaired) electrons. The molecule has 0 aliphatic carbocycles. The van der Waals surface area contributed by atoms with Crippen molar-refractivity contribution in [2.75, 3.05) is 11.9 Å². The number of aromatic nitrogens is 2. The minimum atomic E-state index is -4.97. The van der Waals surface area contributed by atoms with Gasteiger partial charge in [-0.3, -0.25) is 9.59 Å². The largest absolute Gasteiger partial charge is 0.471 e. The van der Waals surface area contributed by atoms with Gasteiger partial charge in [-0.2, -0.15) is 13.2 Å². The second-order valence-electron chi connectivity index (χ2n) is 5.28. The second-order valence-corrected chi connectivity index (χ2v) is 5.28. The standard InChI is InChI=1S/C14H13F3N4O2/c15-14(16,17)13(23)21-5-1-2-11(21)12(22)20-8-3-4-9-10(6-8)19-7-18-9/h3-4,6-7,11H,1-2,5H2,(H,18,19)(H,20,22). The third kappa shape index (κ3) is 2.99. The molecule has 0 saturated carbocycles. The first kappa shape index (κ1) is 15.3. The van der Waals surface area contributed by atoms with Crippen molar-refractivity contribution < 1.29 is 22.8 Å². The van der Waals surface area contributed by atoms with Crippen LogP contribution in [-0.2, 0) is 9.59 Å². The average molecular weight is 326 g/mol. The first-order chi connectivity index (χ1) is 10.9. The van der Waals surface area contributed by atoms with E-state index in [4.69, 9.17) is 0 Å². The fourth-order valence-electron chi connectivity index (χ4n) is 2.68. The van der Waals surface area contributed by atoms with Crippen molar-refractivity contribution in [2.45, 2.75) is 25.1 Å². The number of halogens is 3. The Morgan fingerprint density at radius 1 is 1.35 bits per heavy atom. The monoisotopic (exact) mass is 326 g/mol. The third-order valence-electron chi connectivity index (χ3n) is 3.75. The molecule has 23 heavy (non-hydrogen) atoms. The van der Waals surface area contributed by atoms with Crippen LogP contribution in [0.4, 0.5) is 18.9 Å². The maximum atomic E-state index is 12.6. The third-order valence-corrected chi connectivity index (χ3v) is 3.75. The fraction of sp³-hybridized carbons (Fsp3) is 0.357. The normalized spacial score (nSPS) is 18.4. The summed E-state index contributed by atoms with van der Waals surface area (Å²) in [5, 5.41) is 2.55. The SMILES string of the molecule is O=C(Nc1ccc2nc[nH]c2c1)C1CCCN1C(=O)C(F)(F)F. The molecule has 122 valence electrons. The molecule has 1 aromatic heterocycles. The zero-order chi connectivity index (χ0) is 16.6. The summed E-state index contributed by atoms with van der Waals surface area (Å²) >= 11 is 0. The number of amides is 2. The van der Waals surface area contributed by atoms with Gasteiger partial charge in [-0.15, -0.1) is 0 Å². The number of alkyl halides is 3. The Hall–Kier alpha value is -2.58. The van der Waals surface area contributed by atoms with Gasteiger partial charge < -0.3 is 15.2 Å². The molecule has 2 aromatic rings. The number of imidazole rings is 1. The van der Waals surface area contributed by atoms with Gasteiger partial charge in [-0.1, -0.05) is 0 Å². The van der Waals surface area contributed by atoms with E-state index in [9.17, 15) is 22.8 Å². The maximum absolute atomic E-state index is 12.6. The molecule has 0 bridgehead atoms. The lowest BCUT2D eigenvalue weighted by molar-refractivity contribution is -0.186. The van der Waals surface area contributed by atoms with Gasteiger partial charge in [-0.05, 0) is 31.0 Å². The number of anilines is 1. The summed E-state index contributed by atoms with van der Waals surface area (Å²) in [6.45, 7) is -0.0734. The summed E-state index contributed by atoms with van der Waals surface area (Å²) in [4.78, 5) is 31.1. The minimum absolute atomic E-state index is 0.0734. The number of benzene rings is 1. The number of nitrogens with one attached hydrogen (secondary N) is 2. The zero-order valence-corrected chi connectivity index (χ0v) is 11.9. The fourth-order valence-corrected chi connectivity index (χ4v) is 2.68. The molecule has 2 amide bonds. The molecule has 0 spiro atoms. The van der Waals surface area contributed by atoms with Crippen LogP contribution < -0.4 is 5.32 Å². The van der Waals surface area contributed by atoms with Crippen molar-refractivity contribution >= 4 is 28.5 Å². The Bertz CT molecular complexity index is 756. The molecule has 2 N–H and O–H groups in total. The van der Waals surface area contributed by atoms with Crippen LogP contribution in [0.1, 0.15) is 12.8 Å². The molecular formula is C14H13F3N4O2. The molecule has 1 unspecified atom stereocenters. The molecule has 1 aromatic carbocycles. The molecule has 2 heterocycles. The molecule has 1 aliphatic heterocycles. The Labute approximate surface area is 128 Å². The highest BCUT2D eigenvalue weighted by Gasteiger charge is 2.47. The van der Waals surface area contributed by atoms with Crippen LogP contribution in [0.25, 0.3) is 11.0 Å². The van der Waals surface area contributed by atoms with E-state index in [1.54, 1.807) is 18.2 Å². The number of hydrogen-bond acceptors (Lipinski definition) is 3. The number of carbonyl (C=O) groups excluding carboxylic acids is 2. The lowest BCUT2D eigenvalue weighted by Gasteiger charge is -2.24. The average Bonchev–Trinajstić information content (AvgIpc) is 3.13. The molecule has 3 rings (SSSR count). The second kappa shape index (κ2) is 5.56. The molecular weight excluding hydrogens is 313 g/mol. The first-order valence-corrected chi connectivity index (χ1v) is 6.98. The number of aromatic amines is 1. The van der Waals surface area contributed by atoms with Gasteiger partial charge >= 0.3 is 12.1 Å². The molecule has 1 atom stereocenters. The Balaban J connectivity index is 1.75. The van der Waals surface area contributed by atoms with Crippen molar-refractivity contribution in [3.63, 3.8) is 0 Å². The summed E-state index contributed by atoms with van der Waals surface area (Å²) in [6, 6.07) is 3.80. The van der Waals surface area contributed by atoms with E-state index in [2.05, 4.69) is 15.3 Å². The lowest BCUT2D eigenvalue weighted by atomic mass is 10.2. The minimum Gasteiger partial charge on any atom is -0.345 e. The Kier molecular flexibility index (Phi) is 3.70. The number of rotatable bonds is 2. The molecule has 1 saturated heterocycles. The molecule has 1 fully saturated rings. The lowest BCUT2D eigenvalue weighted by Crippen LogP contribution is -2.48. The summed E-state index contributed by atoms with van der Waals surface area (Å²) < 4.78 is 37.7. The van der Waals surface area contributed by atoms with Crippen LogP contribution in [0.3, 0.4) is 0 Å². The number of carbonyl (C=O) groups is 2. The van der Waals surface area contributed by atoms with Gasteiger partial charge in [0.05, 0.1) is 17.4 Å². The van der Waals surface area contributed by atoms with Crippen LogP contribution in [0.2, 0.25) is 0 Å². The maximum Gasteiger partial charge on any atom is 0.471 e. The van der Waals surface area contributed by atoms with Crippen molar-refractivity contribution in [3.05, 3.63) is 24.5 Å². The molecule has 9 heteroatoms. The van der Waals surface area contributed by atoms with E-state index in [0.717, 1.165) is 0 Å². The van der Waals surface area contributed by atoms with Gasteiger partial charge in [0, 0.05) is 12.2 Å². The number of hydrogen-bond donors (Lipinski definition) is 2. The summed E-state index contributed by atoms with van der Waals surface area (Å²) in [5.74, 6) is -2.60. The van der Waals surface area contributed by atoms with Gasteiger partial charge in [0.2, 0.25) is 5.91 Å². The summed E-state index contributed by atoms with van der Waals surface area (Å²) in [5.41, 5.74) is 1.83. The number of H-pyrrole nitrogens is 1. The van der Waals surface area contributed by atoms with Crippen LogP contribution in [0.15, 0.2) is 24.5 Å². The zero-order valence-electron chi connectivity index (χ0n) is 11.9.